The van der Waals surface area contributed by atoms with E-state index in [4.69, 9.17) is 21.1 Å². The molecule has 8 nitrogen and oxygen atoms in total. The van der Waals surface area contributed by atoms with Crippen LogP contribution in [0.1, 0.15) is 24.2 Å². The highest BCUT2D eigenvalue weighted by atomic mass is 35.5. The predicted octanol–water partition coefficient (Wildman–Crippen LogP) is 6.32. The van der Waals surface area contributed by atoms with Gasteiger partial charge in [-0.15, -0.1) is 24.8 Å². The standard InChI is InChI=1S/C29H30ClN3O5.2ClH/c1-2-37-29(36)33-22-8-11-25-26(16-22)31-13-12-28(25)38-24-9-6-19(7-10-24)14-23(18-34)32-17-27(35)20-4-3-5-21(30)15-20;;/h3-13,15-16,23,27,32,34-35H,2,14,17-18H2,1H3,(H,33,36);2*1H/t23-,27-;;/m0../s1. The molecule has 0 saturated carbocycles. The molecule has 2 atom stereocenters. The van der Waals surface area contributed by atoms with Crippen LogP contribution in [0.15, 0.2) is 79.0 Å². The lowest BCUT2D eigenvalue weighted by atomic mass is 10.0. The fourth-order valence-corrected chi connectivity index (χ4v) is 4.19. The summed E-state index contributed by atoms with van der Waals surface area (Å²) >= 11 is 6.01. The van der Waals surface area contributed by atoms with Gasteiger partial charge in [-0.05, 0) is 73.0 Å². The van der Waals surface area contributed by atoms with Crippen molar-refractivity contribution in [1.82, 2.24) is 10.3 Å². The van der Waals surface area contributed by atoms with Gasteiger partial charge in [0.15, 0.2) is 0 Å². The van der Waals surface area contributed by atoms with Crippen molar-refractivity contribution in [2.75, 3.05) is 25.1 Å². The van der Waals surface area contributed by atoms with Crippen molar-refractivity contribution < 1.29 is 24.5 Å². The number of rotatable bonds is 11. The number of ether oxygens (including phenoxy) is 2. The number of nitrogens with one attached hydrogen (secondary N) is 2. The zero-order chi connectivity index (χ0) is 26.9. The topological polar surface area (TPSA) is 113 Å². The van der Waals surface area contributed by atoms with Gasteiger partial charge in [0.1, 0.15) is 11.5 Å². The predicted molar refractivity (Wildman–Crippen MR) is 162 cm³/mol. The van der Waals surface area contributed by atoms with E-state index in [1.165, 1.54) is 0 Å². The van der Waals surface area contributed by atoms with E-state index in [-0.39, 0.29) is 37.5 Å². The van der Waals surface area contributed by atoms with Gasteiger partial charge in [-0.25, -0.2) is 4.79 Å². The molecule has 1 heterocycles. The Morgan fingerprint density at radius 2 is 1.82 bits per heavy atom. The van der Waals surface area contributed by atoms with Crippen molar-refractivity contribution in [1.29, 1.82) is 0 Å². The summed E-state index contributed by atoms with van der Waals surface area (Å²) in [5, 5.41) is 27.5. The molecular formula is C29H32Cl3N3O5. The van der Waals surface area contributed by atoms with Crippen LogP contribution < -0.4 is 15.4 Å². The number of pyridine rings is 1. The lowest BCUT2D eigenvalue weighted by Gasteiger charge is -2.19. The zero-order valence-electron chi connectivity index (χ0n) is 21.7. The first-order valence-electron chi connectivity index (χ1n) is 12.3. The minimum Gasteiger partial charge on any atom is -0.457 e. The maximum absolute atomic E-state index is 11.7. The molecule has 4 rings (SSSR count). The van der Waals surface area contributed by atoms with E-state index >= 15 is 0 Å². The summed E-state index contributed by atoms with van der Waals surface area (Å²) < 4.78 is 11.0. The third kappa shape index (κ3) is 9.23. The highest BCUT2D eigenvalue weighted by Crippen LogP contribution is 2.30. The van der Waals surface area contributed by atoms with Gasteiger partial charge in [-0.3, -0.25) is 10.3 Å². The minimum atomic E-state index is -0.731. The molecule has 0 saturated heterocycles. The second-order valence-electron chi connectivity index (χ2n) is 8.70. The molecule has 0 aliphatic carbocycles. The molecule has 0 bridgehead atoms. The molecule has 11 heteroatoms. The summed E-state index contributed by atoms with van der Waals surface area (Å²) in [4.78, 5) is 16.1. The average Bonchev–Trinajstić information content (AvgIpc) is 2.92. The van der Waals surface area contributed by atoms with E-state index in [2.05, 4.69) is 15.6 Å². The van der Waals surface area contributed by atoms with Gasteiger partial charge in [0.2, 0.25) is 0 Å². The normalized spacial score (nSPS) is 12.0. The number of fused-ring (bicyclic) bond motifs is 1. The monoisotopic (exact) mass is 607 g/mol. The van der Waals surface area contributed by atoms with Crippen LogP contribution in [0.4, 0.5) is 10.5 Å². The smallest absolute Gasteiger partial charge is 0.411 e. The fraction of sp³-hybridized carbons (Fsp3) is 0.241. The van der Waals surface area contributed by atoms with E-state index in [9.17, 15) is 15.0 Å². The summed E-state index contributed by atoms with van der Waals surface area (Å²) in [6.07, 6.45) is 0.976. The molecule has 0 spiro atoms. The Kier molecular flexibility index (Phi) is 13.4. The van der Waals surface area contributed by atoms with Gasteiger partial charge >= 0.3 is 6.09 Å². The summed E-state index contributed by atoms with van der Waals surface area (Å²) in [6.45, 7) is 2.25. The molecular weight excluding hydrogens is 577 g/mol. The second-order valence-corrected chi connectivity index (χ2v) is 9.13. The number of aromatic nitrogens is 1. The third-order valence-corrected chi connectivity index (χ3v) is 6.15. The highest BCUT2D eigenvalue weighted by molar-refractivity contribution is 6.30. The Bertz CT molecular complexity index is 1370. The van der Waals surface area contributed by atoms with Crippen LogP contribution in [0.3, 0.4) is 0 Å². The van der Waals surface area contributed by atoms with Gasteiger partial charge < -0.3 is 25.0 Å². The summed E-state index contributed by atoms with van der Waals surface area (Å²) in [7, 11) is 0. The lowest BCUT2D eigenvalue weighted by molar-refractivity contribution is 0.158. The number of hydrogen-bond acceptors (Lipinski definition) is 7. The van der Waals surface area contributed by atoms with Crippen molar-refractivity contribution in [2.24, 2.45) is 0 Å². The number of carbonyl (C=O) groups is 1. The van der Waals surface area contributed by atoms with Gasteiger partial charge in [0.05, 0.1) is 24.8 Å². The molecule has 214 valence electrons. The number of aliphatic hydroxyl groups excluding tert-OH is 2. The SMILES string of the molecule is CCOC(=O)Nc1ccc2c(Oc3ccc(C[C@@H](CO)NC[C@H](O)c4cccc(Cl)c4)cc3)ccnc2c1.Cl.Cl. The van der Waals surface area contributed by atoms with Crippen LogP contribution in [-0.4, -0.2) is 47.1 Å². The molecule has 0 aliphatic heterocycles. The minimum absolute atomic E-state index is 0. The molecule has 4 aromatic rings. The maximum atomic E-state index is 11.7. The summed E-state index contributed by atoms with van der Waals surface area (Å²) in [5.41, 5.74) is 2.98. The molecule has 1 aromatic heterocycles. The number of amides is 1. The first kappa shape index (κ1) is 33.1. The number of hydrogen-bond donors (Lipinski definition) is 4. The van der Waals surface area contributed by atoms with Crippen LogP contribution in [-0.2, 0) is 11.2 Å². The van der Waals surface area contributed by atoms with Crippen molar-refractivity contribution in [2.45, 2.75) is 25.5 Å². The summed E-state index contributed by atoms with van der Waals surface area (Å²) in [5.74, 6) is 1.29. The van der Waals surface area contributed by atoms with Crippen LogP contribution in [0.25, 0.3) is 10.9 Å². The average molecular weight is 609 g/mol. The number of anilines is 1. The Morgan fingerprint density at radius 3 is 2.52 bits per heavy atom. The van der Waals surface area contributed by atoms with E-state index in [0.717, 1.165) is 16.5 Å². The number of aliphatic hydroxyl groups is 2. The van der Waals surface area contributed by atoms with E-state index in [1.807, 2.05) is 36.4 Å². The number of carbonyl (C=O) groups excluding carboxylic acids is 1. The van der Waals surface area contributed by atoms with Gasteiger partial charge in [-0.1, -0.05) is 35.9 Å². The highest BCUT2D eigenvalue weighted by Gasteiger charge is 2.14. The van der Waals surface area contributed by atoms with Crippen LogP contribution in [0, 0.1) is 0 Å². The molecule has 0 radical (unpaired) electrons. The fourth-order valence-electron chi connectivity index (χ4n) is 3.99. The van der Waals surface area contributed by atoms with Crippen molar-refractivity contribution in [3.05, 3.63) is 95.1 Å². The van der Waals surface area contributed by atoms with Gasteiger partial charge in [0.25, 0.3) is 0 Å². The van der Waals surface area contributed by atoms with Crippen molar-refractivity contribution in [3.63, 3.8) is 0 Å². The Hall–Kier alpha value is -3.11. The Morgan fingerprint density at radius 1 is 1.05 bits per heavy atom. The largest absolute Gasteiger partial charge is 0.457 e. The molecule has 0 fully saturated rings. The lowest BCUT2D eigenvalue weighted by Crippen LogP contribution is -2.37. The first-order chi connectivity index (χ1) is 18.4. The molecule has 0 aliphatic rings. The molecule has 0 unspecified atom stereocenters. The third-order valence-electron chi connectivity index (χ3n) is 5.91. The van der Waals surface area contributed by atoms with Crippen LogP contribution in [0.5, 0.6) is 11.5 Å². The summed E-state index contributed by atoms with van der Waals surface area (Å²) in [6, 6.07) is 21.6. The number of nitrogens with zero attached hydrogens (tertiary/aromatic N) is 1. The maximum Gasteiger partial charge on any atom is 0.411 e. The second kappa shape index (κ2) is 16.2. The first-order valence-corrected chi connectivity index (χ1v) is 12.7. The zero-order valence-corrected chi connectivity index (χ0v) is 24.1. The molecule has 1 amide bonds. The Labute approximate surface area is 250 Å². The van der Waals surface area contributed by atoms with E-state index < -0.39 is 12.2 Å². The number of benzene rings is 3. The number of halogens is 3. The van der Waals surface area contributed by atoms with Crippen molar-refractivity contribution in [3.8, 4) is 11.5 Å². The van der Waals surface area contributed by atoms with Gasteiger partial charge in [-0.2, -0.15) is 0 Å². The Balaban J connectivity index is 0.00000280. The molecule has 40 heavy (non-hydrogen) atoms. The van der Waals surface area contributed by atoms with E-state index in [0.29, 0.717) is 47.3 Å². The van der Waals surface area contributed by atoms with Gasteiger partial charge in [0, 0.05) is 34.9 Å². The van der Waals surface area contributed by atoms with Crippen LogP contribution in [0.2, 0.25) is 5.02 Å². The van der Waals surface area contributed by atoms with E-state index in [1.54, 1.807) is 49.5 Å². The van der Waals surface area contributed by atoms with Crippen LogP contribution >= 0.6 is 36.4 Å². The quantitative estimate of drug-likeness (QED) is 0.158. The van der Waals surface area contributed by atoms with Crippen molar-refractivity contribution >= 4 is 59.1 Å². The molecule has 3 aromatic carbocycles. The molecule has 4 N–H and O–H groups in total.